The Morgan fingerprint density at radius 1 is 0.812 bits per heavy atom. The quantitative estimate of drug-likeness (QED) is 0.358. The second-order valence-electron chi connectivity index (χ2n) is 4.52. The Morgan fingerprint density at radius 3 is 1.69 bits per heavy atom. The van der Waals surface area contributed by atoms with E-state index in [0.29, 0.717) is 6.61 Å². The summed E-state index contributed by atoms with van der Waals surface area (Å²) in [7, 11) is -1.69. The van der Waals surface area contributed by atoms with Crippen molar-refractivity contribution in [3.8, 4) is 0 Å². The van der Waals surface area contributed by atoms with Crippen LogP contribution in [0, 0.1) is 0 Å². The van der Waals surface area contributed by atoms with E-state index in [1.807, 2.05) is 0 Å². The molecule has 0 aliphatic rings. The van der Waals surface area contributed by atoms with Gasteiger partial charge in [-0.25, -0.2) is 0 Å². The Kier molecular flexibility index (Phi) is 13.4. The molecular formula is C13H29O2P. The Labute approximate surface area is 102 Å². The van der Waals surface area contributed by atoms with E-state index in [4.69, 9.17) is 4.52 Å². The van der Waals surface area contributed by atoms with Crippen LogP contribution < -0.4 is 0 Å². The predicted molar refractivity (Wildman–Crippen MR) is 72.7 cm³/mol. The topological polar surface area (TPSA) is 26.3 Å². The van der Waals surface area contributed by atoms with Crippen LogP contribution in [0.3, 0.4) is 0 Å². The lowest BCUT2D eigenvalue weighted by molar-refractivity contribution is 0.318. The maximum Gasteiger partial charge on any atom is 0.188 e. The lowest BCUT2D eigenvalue weighted by atomic mass is 10.1. The first-order chi connectivity index (χ1) is 7.77. The molecule has 0 fully saturated rings. The van der Waals surface area contributed by atoms with Gasteiger partial charge in [-0.3, -0.25) is 4.57 Å². The fourth-order valence-electron chi connectivity index (χ4n) is 1.81. The highest BCUT2D eigenvalue weighted by Gasteiger charge is 1.93. The van der Waals surface area contributed by atoms with Crippen LogP contribution in [0.5, 0.6) is 0 Å². The maximum atomic E-state index is 10.7. The van der Waals surface area contributed by atoms with Crippen LogP contribution >= 0.6 is 8.03 Å². The first-order valence-corrected chi connectivity index (χ1v) is 8.72. The Bertz CT molecular complexity index is 160. The summed E-state index contributed by atoms with van der Waals surface area (Å²) in [5.74, 6) is 0. The molecule has 0 bridgehead atoms. The molecule has 1 atom stereocenters. The van der Waals surface area contributed by atoms with Crippen LogP contribution in [0.15, 0.2) is 0 Å². The zero-order valence-electron chi connectivity index (χ0n) is 11.1. The molecule has 0 saturated carbocycles. The lowest BCUT2D eigenvalue weighted by Crippen LogP contribution is -1.87. The fraction of sp³-hybridized carbons (Fsp3) is 1.00. The van der Waals surface area contributed by atoms with Crippen molar-refractivity contribution in [3.05, 3.63) is 0 Å². The second kappa shape index (κ2) is 13.3. The minimum Gasteiger partial charge on any atom is -0.331 e. The molecule has 0 radical (unpaired) electrons. The zero-order valence-corrected chi connectivity index (χ0v) is 12.1. The van der Waals surface area contributed by atoms with Gasteiger partial charge in [-0.1, -0.05) is 64.7 Å². The summed E-state index contributed by atoms with van der Waals surface area (Å²) in [5.41, 5.74) is 0. The van der Waals surface area contributed by atoms with E-state index in [1.165, 1.54) is 57.8 Å². The van der Waals surface area contributed by atoms with Crippen molar-refractivity contribution in [2.45, 2.75) is 71.1 Å². The third kappa shape index (κ3) is 14.2. The first kappa shape index (κ1) is 16.2. The minimum atomic E-state index is -1.69. The van der Waals surface area contributed by atoms with Crippen molar-refractivity contribution in [3.63, 3.8) is 0 Å². The summed E-state index contributed by atoms with van der Waals surface area (Å²) < 4.78 is 15.7. The van der Waals surface area contributed by atoms with Gasteiger partial charge in [0.25, 0.3) is 0 Å². The van der Waals surface area contributed by atoms with Crippen molar-refractivity contribution in [2.75, 3.05) is 13.3 Å². The van der Waals surface area contributed by atoms with Crippen molar-refractivity contribution in [1.82, 2.24) is 0 Å². The average Bonchev–Trinajstić information content (AvgIpc) is 2.25. The number of hydrogen-bond acceptors (Lipinski definition) is 2. The molecular weight excluding hydrogens is 219 g/mol. The molecule has 2 nitrogen and oxygen atoms in total. The lowest BCUT2D eigenvalue weighted by Gasteiger charge is -2.02. The van der Waals surface area contributed by atoms with Gasteiger partial charge in [0.2, 0.25) is 0 Å². The second-order valence-corrected chi connectivity index (χ2v) is 5.79. The standard InChI is InChI=1S/C13H29O2P/c1-3-4-5-6-7-8-9-10-11-12-13-15-16(2)14/h16H,3-13H2,1-2H3. The molecule has 0 aromatic carbocycles. The van der Waals surface area contributed by atoms with E-state index in [2.05, 4.69) is 6.92 Å². The minimum absolute atomic E-state index is 0.685. The third-order valence-corrected chi connectivity index (χ3v) is 3.41. The normalized spacial score (nSPS) is 12.9. The predicted octanol–water partition coefficient (Wildman–Crippen LogP) is 5.03. The molecule has 0 aliphatic heterocycles. The molecule has 0 saturated heterocycles. The van der Waals surface area contributed by atoms with Gasteiger partial charge in [0, 0.05) is 6.66 Å². The molecule has 0 aromatic rings. The van der Waals surface area contributed by atoms with Crippen molar-refractivity contribution in [1.29, 1.82) is 0 Å². The van der Waals surface area contributed by atoms with E-state index >= 15 is 0 Å². The first-order valence-electron chi connectivity index (χ1n) is 6.90. The molecule has 0 heterocycles. The van der Waals surface area contributed by atoms with Crippen molar-refractivity contribution >= 4 is 8.03 Å². The van der Waals surface area contributed by atoms with Crippen molar-refractivity contribution in [2.24, 2.45) is 0 Å². The fourth-order valence-corrected chi connectivity index (χ4v) is 2.24. The van der Waals surface area contributed by atoms with Gasteiger partial charge in [0.15, 0.2) is 8.03 Å². The molecule has 0 spiro atoms. The summed E-state index contributed by atoms with van der Waals surface area (Å²) in [4.78, 5) is 0. The van der Waals surface area contributed by atoms with Gasteiger partial charge < -0.3 is 4.52 Å². The van der Waals surface area contributed by atoms with E-state index in [9.17, 15) is 4.57 Å². The number of unbranched alkanes of at least 4 members (excludes halogenated alkanes) is 9. The van der Waals surface area contributed by atoms with E-state index in [-0.39, 0.29) is 0 Å². The number of rotatable bonds is 12. The Hall–Kier alpha value is 0.190. The van der Waals surface area contributed by atoms with Gasteiger partial charge in [-0.05, 0) is 6.42 Å². The maximum absolute atomic E-state index is 10.7. The highest BCUT2D eigenvalue weighted by molar-refractivity contribution is 7.38. The molecule has 1 unspecified atom stereocenters. The molecule has 3 heteroatoms. The SMILES string of the molecule is CCCCCCCCCCCCO[PH](C)=O. The highest BCUT2D eigenvalue weighted by Crippen LogP contribution is 2.16. The summed E-state index contributed by atoms with van der Waals surface area (Å²) >= 11 is 0. The van der Waals surface area contributed by atoms with Crippen LogP contribution in [0.2, 0.25) is 0 Å². The van der Waals surface area contributed by atoms with Crippen LogP contribution in [0.25, 0.3) is 0 Å². The summed E-state index contributed by atoms with van der Waals surface area (Å²) in [5, 5.41) is 0. The summed E-state index contributed by atoms with van der Waals surface area (Å²) in [6, 6.07) is 0. The highest BCUT2D eigenvalue weighted by atomic mass is 31.1. The van der Waals surface area contributed by atoms with E-state index < -0.39 is 8.03 Å². The smallest absolute Gasteiger partial charge is 0.188 e. The Balaban J connectivity index is 2.90. The molecule has 0 aliphatic carbocycles. The Morgan fingerprint density at radius 2 is 1.25 bits per heavy atom. The van der Waals surface area contributed by atoms with E-state index in [1.54, 1.807) is 6.66 Å². The monoisotopic (exact) mass is 248 g/mol. The average molecular weight is 248 g/mol. The van der Waals surface area contributed by atoms with Crippen molar-refractivity contribution < 1.29 is 9.09 Å². The van der Waals surface area contributed by atoms with Crippen LogP contribution in [-0.2, 0) is 9.09 Å². The third-order valence-electron chi connectivity index (χ3n) is 2.80. The van der Waals surface area contributed by atoms with Gasteiger partial charge in [-0.15, -0.1) is 0 Å². The zero-order chi connectivity index (χ0) is 12.1. The van der Waals surface area contributed by atoms with Gasteiger partial charge >= 0.3 is 0 Å². The van der Waals surface area contributed by atoms with Crippen LogP contribution in [0.4, 0.5) is 0 Å². The molecule has 16 heavy (non-hydrogen) atoms. The van der Waals surface area contributed by atoms with Crippen LogP contribution in [-0.4, -0.2) is 13.3 Å². The largest absolute Gasteiger partial charge is 0.331 e. The summed E-state index contributed by atoms with van der Waals surface area (Å²) in [6.07, 6.45) is 13.3. The van der Waals surface area contributed by atoms with E-state index in [0.717, 1.165) is 6.42 Å². The number of hydrogen-bond donors (Lipinski definition) is 0. The van der Waals surface area contributed by atoms with Crippen LogP contribution in [0.1, 0.15) is 71.1 Å². The molecule has 98 valence electrons. The van der Waals surface area contributed by atoms with Gasteiger partial charge in [0.05, 0.1) is 6.61 Å². The molecule has 0 N–H and O–H groups in total. The van der Waals surface area contributed by atoms with Gasteiger partial charge in [0.1, 0.15) is 0 Å². The molecule has 0 rings (SSSR count). The molecule has 0 aromatic heterocycles. The van der Waals surface area contributed by atoms with Gasteiger partial charge in [-0.2, -0.15) is 0 Å². The molecule has 0 amide bonds. The summed E-state index contributed by atoms with van der Waals surface area (Å²) in [6.45, 7) is 4.60.